The summed E-state index contributed by atoms with van der Waals surface area (Å²) < 4.78 is 37.9. The number of benzene rings is 3. The predicted molar refractivity (Wildman–Crippen MR) is 112 cm³/mol. The lowest BCUT2D eigenvalue weighted by molar-refractivity contribution is -0.384. The van der Waals surface area contributed by atoms with Crippen LogP contribution in [0.2, 0.25) is 0 Å². The van der Waals surface area contributed by atoms with Gasteiger partial charge in [0.1, 0.15) is 0 Å². The Morgan fingerprint density at radius 3 is 2.19 bits per heavy atom. The Balaban J connectivity index is 1.83. The number of alkyl halides is 3. The lowest BCUT2D eigenvalue weighted by Gasteiger charge is -2.09. The van der Waals surface area contributed by atoms with E-state index in [0.717, 1.165) is 30.3 Å². The SMILES string of the molecule is O=C(/C=C/c1ccc(C(F)(F)F)cc1)Nc1ccc([N+](=O)[O-])cc1C(=O)c1ccccc1. The van der Waals surface area contributed by atoms with E-state index in [1.54, 1.807) is 18.2 Å². The Bertz CT molecular complexity index is 1190. The smallest absolute Gasteiger partial charge is 0.322 e. The van der Waals surface area contributed by atoms with E-state index in [1.165, 1.54) is 36.4 Å². The minimum atomic E-state index is -4.46. The predicted octanol–water partition coefficient (Wildman–Crippen LogP) is 5.50. The molecule has 0 spiro atoms. The van der Waals surface area contributed by atoms with Gasteiger partial charge in [-0.2, -0.15) is 13.2 Å². The molecule has 0 atom stereocenters. The fraction of sp³-hybridized carbons (Fsp3) is 0.0435. The molecule has 0 aliphatic heterocycles. The highest BCUT2D eigenvalue weighted by molar-refractivity contribution is 6.15. The molecule has 1 amide bonds. The van der Waals surface area contributed by atoms with Crippen molar-refractivity contribution in [1.82, 2.24) is 0 Å². The second-order valence-corrected chi connectivity index (χ2v) is 6.62. The number of amides is 1. The van der Waals surface area contributed by atoms with Gasteiger partial charge in [0.25, 0.3) is 5.69 Å². The number of nitro benzene ring substituents is 1. The fourth-order valence-corrected chi connectivity index (χ4v) is 2.82. The van der Waals surface area contributed by atoms with Crippen molar-refractivity contribution in [2.75, 3.05) is 5.32 Å². The summed E-state index contributed by atoms with van der Waals surface area (Å²) in [5.41, 5.74) is -0.494. The number of rotatable bonds is 6. The normalized spacial score (nSPS) is 11.3. The maximum atomic E-state index is 12.8. The van der Waals surface area contributed by atoms with Crippen molar-refractivity contribution in [3.05, 3.63) is 111 Å². The zero-order valence-corrected chi connectivity index (χ0v) is 16.3. The van der Waals surface area contributed by atoms with Gasteiger partial charge in [0, 0.05) is 23.8 Å². The minimum Gasteiger partial charge on any atom is -0.322 e. The van der Waals surface area contributed by atoms with Crippen LogP contribution in [0.4, 0.5) is 24.5 Å². The molecule has 1 N–H and O–H groups in total. The van der Waals surface area contributed by atoms with E-state index in [2.05, 4.69) is 5.32 Å². The number of nitrogens with one attached hydrogen (secondary N) is 1. The van der Waals surface area contributed by atoms with Gasteiger partial charge in [0.15, 0.2) is 5.78 Å². The number of halogens is 3. The number of anilines is 1. The van der Waals surface area contributed by atoms with Gasteiger partial charge in [-0.3, -0.25) is 19.7 Å². The van der Waals surface area contributed by atoms with Gasteiger partial charge in [-0.15, -0.1) is 0 Å². The molecule has 162 valence electrons. The topological polar surface area (TPSA) is 89.3 Å². The van der Waals surface area contributed by atoms with Crippen LogP contribution in [0.25, 0.3) is 6.08 Å². The van der Waals surface area contributed by atoms with E-state index in [-0.39, 0.29) is 22.5 Å². The van der Waals surface area contributed by atoms with Crippen LogP contribution in [0.15, 0.2) is 78.9 Å². The first-order valence-electron chi connectivity index (χ1n) is 9.19. The average Bonchev–Trinajstić information content (AvgIpc) is 2.77. The Hall–Kier alpha value is -4.27. The summed E-state index contributed by atoms with van der Waals surface area (Å²) in [7, 11) is 0. The van der Waals surface area contributed by atoms with Crippen LogP contribution in [-0.4, -0.2) is 16.6 Å². The number of ketones is 1. The Morgan fingerprint density at radius 2 is 1.59 bits per heavy atom. The second-order valence-electron chi connectivity index (χ2n) is 6.62. The number of hydrogen-bond donors (Lipinski definition) is 1. The van der Waals surface area contributed by atoms with Crippen LogP contribution in [0.5, 0.6) is 0 Å². The van der Waals surface area contributed by atoms with Gasteiger partial charge >= 0.3 is 6.18 Å². The molecule has 3 aromatic carbocycles. The van der Waals surface area contributed by atoms with Crippen molar-refractivity contribution < 1.29 is 27.7 Å². The van der Waals surface area contributed by atoms with Gasteiger partial charge in [0.05, 0.1) is 21.7 Å². The summed E-state index contributed by atoms with van der Waals surface area (Å²) in [4.78, 5) is 35.6. The molecular formula is C23H15F3N2O4. The number of carbonyl (C=O) groups is 2. The first-order valence-corrected chi connectivity index (χ1v) is 9.19. The molecule has 0 unspecified atom stereocenters. The van der Waals surface area contributed by atoms with Crippen LogP contribution in [0.3, 0.4) is 0 Å². The summed E-state index contributed by atoms with van der Waals surface area (Å²) in [6, 6.07) is 15.7. The number of non-ortho nitro benzene ring substituents is 1. The Labute approximate surface area is 180 Å². The quantitative estimate of drug-likeness (QED) is 0.237. The molecular weight excluding hydrogens is 425 g/mol. The standard InChI is InChI=1S/C23H15F3N2O4/c24-23(25,26)17-9-6-15(7-10-17)8-13-21(29)27-20-12-11-18(28(31)32)14-19(20)22(30)16-4-2-1-3-5-16/h1-14H,(H,27,29)/b13-8+. The maximum Gasteiger partial charge on any atom is 0.416 e. The molecule has 0 aromatic heterocycles. The third kappa shape index (κ3) is 5.45. The van der Waals surface area contributed by atoms with Crippen molar-refractivity contribution >= 4 is 29.1 Å². The monoisotopic (exact) mass is 440 g/mol. The van der Waals surface area contributed by atoms with Gasteiger partial charge in [-0.25, -0.2) is 0 Å². The zero-order chi connectivity index (χ0) is 23.3. The first-order chi connectivity index (χ1) is 15.1. The molecule has 3 rings (SSSR count). The van der Waals surface area contributed by atoms with Gasteiger partial charge in [-0.1, -0.05) is 42.5 Å². The lowest BCUT2D eigenvalue weighted by Crippen LogP contribution is -2.13. The Morgan fingerprint density at radius 1 is 0.938 bits per heavy atom. The molecule has 3 aromatic rings. The molecule has 32 heavy (non-hydrogen) atoms. The van der Waals surface area contributed by atoms with Gasteiger partial charge < -0.3 is 5.32 Å². The largest absolute Gasteiger partial charge is 0.416 e. The van der Waals surface area contributed by atoms with E-state index >= 15 is 0 Å². The number of nitrogens with zero attached hydrogens (tertiary/aromatic N) is 1. The highest BCUT2D eigenvalue weighted by atomic mass is 19.4. The molecule has 6 nitrogen and oxygen atoms in total. The fourth-order valence-electron chi connectivity index (χ4n) is 2.82. The summed E-state index contributed by atoms with van der Waals surface area (Å²) in [5, 5.41) is 13.6. The van der Waals surface area contributed by atoms with Crippen molar-refractivity contribution in [3.8, 4) is 0 Å². The molecule has 0 fully saturated rings. The molecule has 0 saturated carbocycles. The molecule has 0 radical (unpaired) electrons. The number of carbonyl (C=O) groups excluding carboxylic acids is 2. The van der Waals surface area contributed by atoms with Crippen LogP contribution >= 0.6 is 0 Å². The van der Waals surface area contributed by atoms with Gasteiger partial charge in [0.2, 0.25) is 5.91 Å². The van der Waals surface area contributed by atoms with Crippen molar-refractivity contribution in [3.63, 3.8) is 0 Å². The van der Waals surface area contributed by atoms with E-state index in [4.69, 9.17) is 0 Å². The molecule has 0 aliphatic rings. The maximum absolute atomic E-state index is 12.8. The summed E-state index contributed by atoms with van der Waals surface area (Å²) in [6.07, 6.45) is -2.07. The minimum absolute atomic E-state index is 0.0616. The summed E-state index contributed by atoms with van der Waals surface area (Å²) >= 11 is 0. The van der Waals surface area contributed by atoms with E-state index in [1.807, 2.05) is 0 Å². The van der Waals surface area contributed by atoms with Crippen molar-refractivity contribution in [2.45, 2.75) is 6.18 Å². The summed E-state index contributed by atoms with van der Waals surface area (Å²) in [5.74, 6) is -1.18. The van der Waals surface area contributed by atoms with E-state index in [0.29, 0.717) is 5.56 Å². The third-order valence-electron chi connectivity index (χ3n) is 4.42. The van der Waals surface area contributed by atoms with Crippen LogP contribution < -0.4 is 5.32 Å². The second kappa shape index (κ2) is 9.25. The lowest BCUT2D eigenvalue weighted by atomic mass is 10.0. The first kappa shape index (κ1) is 22.4. The molecule has 0 saturated heterocycles. The Kier molecular flexibility index (Phi) is 6.48. The summed E-state index contributed by atoms with van der Waals surface area (Å²) in [6.45, 7) is 0. The van der Waals surface area contributed by atoms with Crippen LogP contribution in [0.1, 0.15) is 27.0 Å². The molecule has 9 heteroatoms. The van der Waals surface area contributed by atoms with Crippen LogP contribution in [0, 0.1) is 10.1 Å². The zero-order valence-electron chi connectivity index (χ0n) is 16.3. The number of hydrogen-bond acceptors (Lipinski definition) is 4. The number of nitro groups is 1. The average molecular weight is 440 g/mol. The van der Waals surface area contributed by atoms with E-state index < -0.39 is 28.4 Å². The van der Waals surface area contributed by atoms with E-state index in [9.17, 15) is 32.9 Å². The van der Waals surface area contributed by atoms with Gasteiger partial charge in [-0.05, 0) is 29.8 Å². The van der Waals surface area contributed by atoms with Crippen molar-refractivity contribution in [1.29, 1.82) is 0 Å². The highest BCUT2D eigenvalue weighted by Gasteiger charge is 2.29. The molecule has 0 aliphatic carbocycles. The molecule has 0 heterocycles. The van der Waals surface area contributed by atoms with Crippen LogP contribution in [-0.2, 0) is 11.0 Å². The van der Waals surface area contributed by atoms with Crippen molar-refractivity contribution in [2.24, 2.45) is 0 Å². The highest BCUT2D eigenvalue weighted by Crippen LogP contribution is 2.29. The third-order valence-corrected chi connectivity index (χ3v) is 4.42. The molecule has 0 bridgehead atoms.